The molecular weight excluding hydrogens is 303 g/mol. The molecule has 0 bridgehead atoms. The molecule has 0 unspecified atom stereocenters. The molecule has 0 aliphatic carbocycles. The van der Waals surface area contributed by atoms with Gasteiger partial charge in [-0.05, 0) is 17.7 Å². The predicted octanol–water partition coefficient (Wildman–Crippen LogP) is 4.11. The number of benzene rings is 2. The van der Waals surface area contributed by atoms with E-state index in [1.54, 1.807) is 30.3 Å². The normalized spacial score (nSPS) is 11.5. The quantitative estimate of drug-likeness (QED) is 0.851. The summed E-state index contributed by atoms with van der Waals surface area (Å²) in [6.07, 6.45) is 0. The van der Waals surface area contributed by atoms with Crippen molar-refractivity contribution in [1.82, 2.24) is 0 Å². The van der Waals surface area contributed by atoms with Gasteiger partial charge in [-0.3, -0.25) is 0 Å². The Morgan fingerprint density at radius 3 is 1.95 bits per heavy atom. The maximum absolute atomic E-state index is 12.2. The van der Waals surface area contributed by atoms with Crippen molar-refractivity contribution in [2.24, 2.45) is 0 Å². The van der Waals surface area contributed by atoms with Crippen molar-refractivity contribution in [3.05, 3.63) is 69.7 Å². The SMILES string of the molecule is O=S(=O)(Cc1ccccc1)Cc1c(Cl)cccc1Cl. The van der Waals surface area contributed by atoms with Crippen LogP contribution in [-0.2, 0) is 21.3 Å². The van der Waals surface area contributed by atoms with Crippen molar-refractivity contribution in [3.63, 3.8) is 0 Å². The van der Waals surface area contributed by atoms with Gasteiger partial charge < -0.3 is 0 Å². The lowest BCUT2D eigenvalue weighted by molar-refractivity contribution is 0.594. The van der Waals surface area contributed by atoms with Crippen molar-refractivity contribution in [3.8, 4) is 0 Å². The lowest BCUT2D eigenvalue weighted by atomic mass is 10.2. The van der Waals surface area contributed by atoms with Crippen LogP contribution in [0.25, 0.3) is 0 Å². The first-order valence-corrected chi connectivity index (χ1v) is 8.23. The Bertz CT molecular complexity index is 647. The van der Waals surface area contributed by atoms with Gasteiger partial charge in [-0.15, -0.1) is 0 Å². The Hall–Kier alpha value is -1.03. The molecule has 0 fully saturated rings. The maximum Gasteiger partial charge on any atom is 0.158 e. The molecule has 2 rings (SSSR count). The third-order valence-corrected chi connectivity index (χ3v) is 4.87. The Kier molecular flexibility index (Phi) is 4.50. The molecule has 5 heteroatoms. The van der Waals surface area contributed by atoms with Crippen molar-refractivity contribution >= 4 is 33.0 Å². The van der Waals surface area contributed by atoms with E-state index in [0.717, 1.165) is 5.56 Å². The summed E-state index contributed by atoms with van der Waals surface area (Å²) in [5, 5.41) is 0.758. The second-order valence-corrected chi connectivity index (χ2v) is 7.10. The topological polar surface area (TPSA) is 34.1 Å². The van der Waals surface area contributed by atoms with Crippen LogP contribution < -0.4 is 0 Å². The van der Waals surface area contributed by atoms with Crippen LogP contribution in [0.5, 0.6) is 0 Å². The van der Waals surface area contributed by atoms with E-state index in [0.29, 0.717) is 15.6 Å². The largest absolute Gasteiger partial charge is 0.228 e. The molecule has 0 amide bonds. The Morgan fingerprint density at radius 1 is 0.789 bits per heavy atom. The molecule has 0 saturated heterocycles. The maximum atomic E-state index is 12.2. The fourth-order valence-corrected chi connectivity index (χ4v) is 4.01. The molecule has 0 aromatic heterocycles. The molecule has 0 heterocycles. The fourth-order valence-electron chi connectivity index (χ4n) is 1.77. The summed E-state index contributed by atoms with van der Waals surface area (Å²) < 4.78 is 24.3. The average molecular weight is 315 g/mol. The third kappa shape index (κ3) is 3.96. The number of sulfone groups is 1. The number of rotatable bonds is 4. The van der Waals surface area contributed by atoms with E-state index in [2.05, 4.69) is 0 Å². The summed E-state index contributed by atoms with van der Waals surface area (Å²) in [6, 6.07) is 14.0. The van der Waals surface area contributed by atoms with Crippen LogP contribution in [0.4, 0.5) is 0 Å². The van der Waals surface area contributed by atoms with Gasteiger partial charge in [0.1, 0.15) is 0 Å². The Labute approximate surface area is 122 Å². The number of hydrogen-bond donors (Lipinski definition) is 0. The van der Waals surface area contributed by atoms with Crippen LogP contribution >= 0.6 is 23.2 Å². The van der Waals surface area contributed by atoms with Gasteiger partial charge in [0.2, 0.25) is 0 Å². The minimum Gasteiger partial charge on any atom is -0.228 e. The van der Waals surface area contributed by atoms with E-state index >= 15 is 0 Å². The van der Waals surface area contributed by atoms with E-state index in [1.807, 2.05) is 18.2 Å². The van der Waals surface area contributed by atoms with Crippen molar-refractivity contribution in [1.29, 1.82) is 0 Å². The van der Waals surface area contributed by atoms with Gasteiger partial charge in [0.25, 0.3) is 0 Å². The lowest BCUT2D eigenvalue weighted by Crippen LogP contribution is -2.08. The van der Waals surface area contributed by atoms with Gasteiger partial charge in [0.05, 0.1) is 11.5 Å². The van der Waals surface area contributed by atoms with Gasteiger partial charge in [0.15, 0.2) is 9.84 Å². The minimum atomic E-state index is -3.30. The first kappa shape index (κ1) is 14.4. The zero-order chi connectivity index (χ0) is 13.9. The highest BCUT2D eigenvalue weighted by molar-refractivity contribution is 7.89. The highest BCUT2D eigenvalue weighted by atomic mass is 35.5. The predicted molar refractivity (Wildman–Crippen MR) is 79.2 cm³/mol. The summed E-state index contributed by atoms with van der Waals surface area (Å²) in [5.74, 6) is -0.171. The summed E-state index contributed by atoms with van der Waals surface area (Å²) in [5.41, 5.74) is 1.22. The van der Waals surface area contributed by atoms with E-state index in [-0.39, 0.29) is 11.5 Å². The number of halogens is 2. The van der Waals surface area contributed by atoms with Crippen LogP contribution in [0, 0.1) is 0 Å². The lowest BCUT2D eigenvalue weighted by Gasteiger charge is -2.08. The summed E-state index contributed by atoms with van der Waals surface area (Å²) >= 11 is 12.0. The van der Waals surface area contributed by atoms with Crippen LogP contribution in [0.1, 0.15) is 11.1 Å². The smallest absolute Gasteiger partial charge is 0.158 e. The zero-order valence-electron chi connectivity index (χ0n) is 10.0. The molecule has 100 valence electrons. The van der Waals surface area contributed by atoms with E-state index in [1.165, 1.54) is 0 Å². The minimum absolute atomic E-state index is 0.0185. The molecule has 2 nitrogen and oxygen atoms in total. The molecule has 19 heavy (non-hydrogen) atoms. The summed E-state index contributed by atoms with van der Waals surface area (Å²) in [4.78, 5) is 0. The van der Waals surface area contributed by atoms with Gasteiger partial charge in [-0.2, -0.15) is 0 Å². The highest BCUT2D eigenvalue weighted by Gasteiger charge is 2.17. The monoisotopic (exact) mass is 314 g/mol. The Balaban J connectivity index is 2.23. The molecule has 0 N–H and O–H groups in total. The first-order valence-electron chi connectivity index (χ1n) is 5.65. The molecule has 2 aromatic rings. The molecular formula is C14H12Cl2O2S. The molecule has 0 spiro atoms. The van der Waals surface area contributed by atoms with E-state index in [9.17, 15) is 8.42 Å². The van der Waals surface area contributed by atoms with Gasteiger partial charge in [-0.25, -0.2) is 8.42 Å². The van der Waals surface area contributed by atoms with Crippen molar-refractivity contribution in [2.45, 2.75) is 11.5 Å². The second-order valence-electron chi connectivity index (χ2n) is 4.22. The van der Waals surface area contributed by atoms with Crippen LogP contribution in [0.3, 0.4) is 0 Å². The van der Waals surface area contributed by atoms with Crippen molar-refractivity contribution in [2.75, 3.05) is 0 Å². The molecule has 0 saturated carbocycles. The van der Waals surface area contributed by atoms with Crippen LogP contribution in [0.2, 0.25) is 10.0 Å². The van der Waals surface area contributed by atoms with E-state index < -0.39 is 9.84 Å². The third-order valence-electron chi connectivity index (χ3n) is 2.66. The van der Waals surface area contributed by atoms with Crippen LogP contribution in [-0.4, -0.2) is 8.42 Å². The second kappa shape index (κ2) is 5.95. The van der Waals surface area contributed by atoms with Gasteiger partial charge in [-0.1, -0.05) is 59.6 Å². The molecule has 0 atom stereocenters. The Morgan fingerprint density at radius 2 is 1.37 bits per heavy atom. The molecule has 0 aliphatic heterocycles. The van der Waals surface area contributed by atoms with Crippen LogP contribution in [0.15, 0.2) is 48.5 Å². The van der Waals surface area contributed by atoms with Gasteiger partial charge >= 0.3 is 0 Å². The van der Waals surface area contributed by atoms with E-state index in [4.69, 9.17) is 23.2 Å². The first-order chi connectivity index (χ1) is 8.98. The zero-order valence-corrected chi connectivity index (χ0v) is 12.3. The standard InChI is InChI=1S/C14H12Cl2O2S/c15-13-7-4-8-14(16)12(13)10-19(17,18)9-11-5-2-1-3-6-11/h1-8H,9-10H2. The van der Waals surface area contributed by atoms with Gasteiger partial charge in [0, 0.05) is 15.6 Å². The fraction of sp³-hybridized carbons (Fsp3) is 0.143. The average Bonchev–Trinajstić information content (AvgIpc) is 2.35. The molecule has 0 aliphatic rings. The molecule has 2 aromatic carbocycles. The molecule has 0 radical (unpaired) electrons. The summed E-state index contributed by atoms with van der Waals surface area (Å²) in [6.45, 7) is 0. The van der Waals surface area contributed by atoms with Crippen molar-refractivity contribution < 1.29 is 8.42 Å². The number of hydrogen-bond acceptors (Lipinski definition) is 2. The summed E-state index contributed by atoms with van der Waals surface area (Å²) in [7, 11) is -3.30. The highest BCUT2D eigenvalue weighted by Crippen LogP contribution is 2.27.